The Hall–Kier alpha value is -3.05. The van der Waals surface area contributed by atoms with Gasteiger partial charge < -0.3 is 15.2 Å². The van der Waals surface area contributed by atoms with E-state index in [0.29, 0.717) is 13.2 Å². The molecule has 29 heavy (non-hydrogen) atoms. The summed E-state index contributed by atoms with van der Waals surface area (Å²) in [4.78, 5) is 0. The number of fused-ring (bicyclic) bond motifs is 3. The van der Waals surface area contributed by atoms with Crippen molar-refractivity contribution in [2.45, 2.75) is 27.2 Å². The average Bonchev–Trinajstić information content (AvgIpc) is 3.39. The lowest BCUT2D eigenvalue weighted by Gasteiger charge is -2.07. The molecule has 0 radical (unpaired) electrons. The second-order valence-electron chi connectivity index (χ2n) is 6.75. The van der Waals surface area contributed by atoms with E-state index in [1.165, 1.54) is 28.0 Å². The van der Waals surface area contributed by atoms with Crippen LogP contribution >= 0.6 is 0 Å². The molecule has 0 aliphatic carbocycles. The molecule has 3 heterocycles. The molecule has 5 nitrogen and oxygen atoms in total. The highest BCUT2D eigenvalue weighted by Gasteiger charge is 2.25. The molecule has 1 aliphatic heterocycles. The quantitative estimate of drug-likeness (QED) is 0.647. The van der Waals surface area contributed by atoms with Crippen molar-refractivity contribution in [3.05, 3.63) is 71.2 Å². The number of hydrogen-bond acceptors (Lipinski definition) is 3. The van der Waals surface area contributed by atoms with Gasteiger partial charge >= 0.3 is 0 Å². The lowest BCUT2D eigenvalue weighted by atomic mass is 10.1. The molecule has 152 valence electrons. The van der Waals surface area contributed by atoms with Crippen molar-refractivity contribution in [1.29, 1.82) is 0 Å². The molecule has 4 rings (SSSR count). The van der Waals surface area contributed by atoms with Gasteiger partial charge in [-0.3, -0.25) is 0 Å². The van der Waals surface area contributed by atoms with Crippen LogP contribution in [0.1, 0.15) is 36.4 Å². The number of ether oxygens (including phenoxy) is 2. The van der Waals surface area contributed by atoms with E-state index < -0.39 is 0 Å². The van der Waals surface area contributed by atoms with Gasteiger partial charge in [-0.25, -0.2) is 0 Å². The lowest BCUT2D eigenvalue weighted by molar-refractivity contribution is -0.583. The van der Waals surface area contributed by atoms with E-state index in [2.05, 4.69) is 52.4 Å². The smallest absolute Gasteiger partial charge is 0.242 e. The third-order valence-electron chi connectivity index (χ3n) is 4.83. The normalized spacial score (nSPS) is 12.0. The van der Waals surface area contributed by atoms with Crippen molar-refractivity contribution in [2.24, 2.45) is 5.73 Å². The fraction of sp³-hybridized carbons (Fsp3) is 0.292. The molecule has 0 amide bonds. The minimum atomic E-state index is 0.667. The van der Waals surface area contributed by atoms with E-state index in [9.17, 15) is 0 Å². The molecule has 0 fully saturated rings. The zero-order valence-electron chi connectivity index (χ0n) is 17.7. The number of para-hydroxylation sites is 2. The van der Waals surface area contributed by atoms with Gasteiger partial charge in [-0.2, -0.15) is 0 Å². The van der Waals surface area contributed by atoms with Gasteiger partial charge in [0.05, 0.1) is 19.3 Å². The summed E-state index contributed by atoms with van der Waals surface area (Å²) in [6.07, 6.45) is 11.5. The number of benzene rings is 1. The van der Waals surface area contributed by atoms with E-state index in [-0.39, 0.29) is 0 Å². The molecule has 0 atom stereocenters. The van der Waals surface area contributed by atoms with Crippen LogP contribution in [0.2, 0.25) is 0 Å². The number of nitrogens with zero attached hydrogens (tertiary/aromatic N) is 2. The largest absolute Gasteiger partial charge is 0.493 e. The Bertz CT molecular complexity index is 1090. The van der Waals surface area contributed by atoms with E-state index in [0.717, 1.165) is 17.9 Å². The van der Waals surface area contributed by atoms with Gasteiger partial charge in [0.15, 0.2) is 11.5 Å². The van der Waals surface area contributed by atoms with Gasteiger partial charge in [0.25, 0.3) is 0 Å². The van der Waals surface area contributed by atoms with Crippen molar-refractivity contribution in [2.75, 3.05) is 20.3 Å². The summed E-state index contributed by atoms with van der Waals surface area (Å²) < 4.78 is 14.9. The first-order valence-corrected chi connectivity index (χ1v) is 10.0. The molecule has 1 aliphatic rings. The monoisotopic (exact) mass is 392 g/mol. The number of aryl methyl sites for hydroxylation is 1. The van der Waals surface area contributed by atoms with Crippen molar-refractivity contribution >= 4 is 17.7 Å². The summed E-state index contributed by atoms with van der Waals surface area (Å²) in [5.74, 6) is 1.59. The highest BCUT2D eigenvalue weighted by Crippen LogP contribution is 2.26. The first-order valence-electron chi connectivity index (χ1n) is 10.0. The zero-order valence-corrected chi connectivity index (χ0v) is 17.7. The van der Waals surface area contributed by atoms with E-state index in [1.54, 1.807) is 7.11 Å². The van der Waals surface area contributed by atoms with Crippen LogP contribution in [0, 0.1) is 13.1 Å². The van der Waals surface area contributed by atoms with E-state index >= 15 is 0 Å². The first-order chi connectivity index (χ1) is 14.2. The Morgan fingerprint density at radius 1 is 1.21 bits per heavy atom. The number of hydrogen-bond donors (Lipinski definition) is 1. The van der Waals surface area contributed by atoms with Crippen LogP contribution in [0.25, 0.3) is 17.7 Å². The minimum absolute atomic E-state index is 0.667. The Morgan fingerprint density at radius 3 is 2.62 bits per heavy atom. The molecule has 2 N–H and O–H groups in total. The summed E-state index contributed by atoms with van der Waals surface area (Å²) in [5.41, 5.74) is 12.2. The summed E-state index contributed by atoms with van der Waals surface area (Å²) in [6, 6.07) is 9.84. The SMILES string of the molecule is C/C=C/c1cc(C)c2c(CCN)c3[n+](n12)=CC=C3.CCOc1ccccc1OC. The average molecular weight is 393 g/mol. The Kier molecular flexibility index (Phi) is 6.73. The van der Waals surface area contributed by atoms with Crippen LogP contribution in [0.4, 0.5) is 0 Å². The topological polar surface area (TPSA) is 54.8 Å². The standard InChI is InChI=1S/C15H18N3.C9H12O2/c1-3-5-12-10-11(2)15-13(7-8-16)14-6-4-9-17(14)18(12)15;1-3-11-9-7-5-4-6-8(9)10-2/h3-6,9-10H,7-8,16H2,1-2H3;4-7H,3H2,1-2H3/q+1;/b5-3+;. The number of aromatic nitrogens is 2. The number of allylic oxidation sites excluding steroid dienone is 2. The number of rotatable bonds is 6. The second kappa shape index (κ2) is 9.43. The summed E-state index contributed by atoms with van der Waals surface area (Å²) in [7, 11) is 1.64. The van der Waals surface area contributed by atoms with Gasteiger partial charge in [-0.05, 0) is 63.6 Å². The van der Waals surface area contributed by atoms with Crippen LogP contribution in [0.15, 0.2) is 42.5 Å². The third kappa shape index (κ3) is 4.05. The van der Waals surface area contributed by atoms with Crippen LogP contribution < -0.4 is 19.6 Å². The van der Waals surface area contributed by atoms with Crippen LogP contribution in [-0.2, 0) is 6.42 Å². The fourth-order valence-corrected chi connectivity index (χ4v) is 3.73. The molecule has 0 bridgehead atoms. The minimum Gasteiger partial charge on any atom is -0.493 e. The van der Waals surface area contributed by atoms with Gasteiger partial charge in [0.1, 0.15) is 11.2 Å². The van der Waals surface area contributed by atoms with Crippen molar-refractivity contribution in [1.82, 2.24) is 4.52 Å². The van der Waals surface area contributed by atoms with Gasteiger partial charge in [-0.15, -0.1) is 4.52 Å². The molecule has 3 aromatic rings. The maximum absolute atomic E-state index is 5.75. The molecule has 0 unspecified atom stereocenters. The van der Waals surface area contributed by atoms with Gasteiger partial charge in [-0.1, -0.05) is 22.6 Å². The molecule has 2 aromatic heterocycles. The molecule has 0 saturated heterocycles. The van der Waals surface area contributed by atoms with Crippen LogP contribution in [0.3, 0.4) is 0 Å². The predicted octanol–water partition coefficient (Wildman–Crippen LogP) is 3.92. The van der Waals surface area contributed by atoms with Gasteiger partial charge in [0.2, 0.25) is 11.9 Å². The molecule has 0 spiro atoms. The molecule has 1 aromatic carbocycles. The maximum atomic E-state index is 5.75. The Balaban J connectivity index is 0.000000188. The Labute approximate surface area is 172 Å². The molecule has 5 heteroatoms. The van der Waals surface area contributed by atoms with Crippen molar-refractivity contribution in [3.63, 3.8) is 0 Å². The fourth-order valence-electron chi connectivity index (χ4n) is 3.73. The number of nitrogens with two attached hydrogens (primary N) is 1. The maximum Gasteiger partial charge on any atom is 0.242 e. The summed E-state index contributed by atoms with van der Waals surface area (Å²) in [6.45, 7) is 7.52. The van der Waals surface area contributed by atoms with Crippen LogP contribution in [-0.4, -0.2) is 24.8 Å². The predicted molar refractivity (Wildman–Crippen MR) is 118 cm³/mol. The zero-order chi connectivity index (χ0) is 20.8. The Morgan fingerprint density at radius 2 is 1.97 bits per heavy atom. The molecular formula is C24H30N3O2+. The lowest BCUT2D eigenvalue weighted by Crippen LogP contribution is -2.24. The van der Waals surface area contributed by atoms with Crippen LogP contribution in [0.5, 0.6) is 11.5 Å². The highest BCUT2D eigenvalue weighted by molar-refractivity contribution is 5.71. The highest BCUT2D eigenvalue weighted by atomic mass is 16.5. The third-order valence-corrected chi connectivity index (χ3v) is 4.83. The van der Waals surface area contributed by atoms with Gasteiger partial charge in [0, 0.05) is 12.2 Å². The molecular weight excluding hydrogens is 362 g/mol. The van der Waals surface area contributed by atoms with Crippen molar-refractivity contribution in [3.8, 4) is 11.5 Å². The number of methoxy groups -OCH3 is 1. The van der Waals surface area contributed by atoms with E-state index in [4.69, 9.17) is 15.2 Å². The first kappa shape index (κ1) is 20.7. The van der Waals surface area contributed by atoms with Crippen molar-refractivity contribution < 1.29 is 13.8 Å². The second-order valence-corrected chi connectivity index (χ2v) is 6.75. The summed E-state index contributed by atoms with van der Waals surface area (Å²) in [5, 5.41) is 0. The summed E-state index contributed by atoms with van der Waals surface area (Å²) >= 11 is 0. The molecule has 0 saturated carbocycles. The van der Waals surface area contributed by atoms with E-state index in [1.807, 2.05) is 38.1 Å².